The van der Waals surface area contributed by atoms with Crippen molar-refractivity contribution in [3.63, 3.8) is 0 Å². The molecule has 4 heterocycles. The van der Waals surface area contributed by atoms with E-state index in [0.29, 0.717) is 0 Å². The highest BCUT2D eigenvalue weighted by Crippen LogP contribution is 2.36. The van der Waals surface area contributed by atoms with Gasteiger partial charge in [0.1, 0.15) is 5.82 Å². The van der Waals surface area contributed by atoms with Gasteiger partial charge < -0.3 is 14.5 Å². The van der Waals surface area contributed by atoms with Gasteiger partial charge in [-0.25, -0.2) is 9.97 Å². The Kier molecular flexibility index (Phi) is 2.72. The van der Waals surface area contributed by atoms with E-state index in [1.165, 1.54) is 0 Å². The van der Waals surface area contributed by atoms with E-state index < -0.39 is 0 Å². The van der Waals surface area contributed by atoms with Gasteiger partial charge >= 0.3 is 0 Å². The van der Waals surface area contributed by atoms with Crippen LogP contribution in [0, 0.1) is 0 Å². The Morgan fingerprint density at radius 1 is 1.00 bits per heavy atom. The number of hydrogen-bond acceptors (Lipinski definition) is 5. The highest BCUT2D eigenvalue weighted by atomic mass is 32.1. The zero-order valence-corrected chi connectivity index (χ0v) is 14.3. The second kappa shape index (κ2) is 5.09. The molecule has 6 nitrogen and oxygen atoms in total. The molecule has 0 radical (unpaired) electrons. The Morgan fingerprint density at radius 3 is 2.88 bits per heavy atom. The summed E-state index contributed by atoms with van der Waals surface area (Å²) < 4.78 is 12.9. The van der Waals surface area contributed by atoms with E-state index in [-0.39, 0.29) is 6.79 Å². The van der Waals surface area contributed by atoms with Crippen molar-refractivity contribution in [1.82, 2.24) is 19.4 Å². The Labute approximate surface area is 151 Å². The fourth-order valence-electron chi connectivity index (χ4n) is 3.22. The van der Waals surface area contributed by atoms with E-state index in [2.05, 4.69) is 22.1 Å². The van der Waals surface area contributed by atoms with Gasteiger partial charge in [-0.15, -0.1) is 11.3 Å². The molecule has 7 heteroatoms. The Hall–Kier alpha value is -3.32. The molecule has 0 saturated heterocycles. The van der Waals surface area contributed by atoms with E-state index in [4.69, 9.17) is 14.5 Å². The lowest BCUT2D eigenvalue weighted by atomic mass is 10.1. The van der Waals surface area contributed by atoms with Crippen LogP contribution in [-0.4, -0.2) is 26.1 Å². The topological polar surface area (TPSA) is 64.4 Å². The molecule has 126 valence electrons. The first-order valence-corrected chi connectivity index (χ1v) is 9.04. The highest BCUT2D eigenvalue weighted by molar-refractivity contribution is 7.15. The van der Waals surface area contributed by atoms with Crippen LogP contribution in [0.4, 0.5) is 0 Å². The lowest BCUT2D eigenvalue weighted by molar-refractivity contribution is 0.174. The third kappa shape index (κ3) is 2.04. The zero-order chi connectivity index (χ0) is 17.1. The maximum Gasteiger partial charge on any atom is 0.231 e. The molecule has 2 aromatic carbocycles. The maximum atomic E-state index is 5.46. The Bertz CT molecular complexity index is 1250. The number of thiazole rings is 1. The van der Waals surface area contributed by atoms with Crippen LogP contribution in [0.3, 0.4) is 0 Å². The largest absolute Gasteiger partial charge is 0.454 e. The van der Waals surface area contributed by atoms with Crippen LogP contribution in [0.5, 0.6) is 11.5 Å². The summed E-state index contributed by atoms with van der Waals surface area (Å²) in [6, 6.07) is 12.0. The van der Waals surface area contributed by atoms with E-state index in [1.807, 2.05) is 46.4 Å². The quantitative estimate of drug-likeness (QED) is 0.509. The summed E-state index contributed by atoms with van der Waals surface area (Å²) in [5.74, 6) is 2.33. The first-order chi connectivity index (χ1) is 12.8. The van der Waals surface area contributed by atoms with E-state index in [1.54, 1.807) is 11.3 Å². The summed E-state index contributed by atoms with van der Waals surface area (Å²) in [7, 11) is 0. The summed E-state index contributed by atoms with van der Waals surface area (Å²) in [6.07, 6.45) is 4.06. The number of rotatable bonds is 2. The van der Waals surface area contributed by atoms with Crippen molar-refractivity contribution >= 4 is 27.3 Å². The summed E-state index contributed by atoms with van der Waals surface area (Å²) >= 11 is 1.63. The molecule has 1 N–H and O–H groups in total. The maximum absolute atomic E-state index is 5.46. The number of imidazole rings is 2. The number of benzene rings is 2. The van der Waals surface area contributed by atoms with Gasteiger partial charge in [-0.3, -0.25) is 4.40 Å². The minimum atomic E-state index is 0.268. The molecule has 0 saturated carbocycles. The summed E-state index contributed by atoms with van der Waals surface area (Å²) in [6.45, 7) is 0.268. The van der Waals surface area contributed by atoms with Crippen molar-refractivity contribution in [2.24, 2.45) is 0 Å². The minimum Gasteiger partial charge on any atom is -0.454 e. The molecule has 0 fully saturated rings. The van der Waals surface area contributed by atoms with Crippen molar-refractivity contribution in [2.45, 2.75) is 0 Å². The number of H-pyrrole nitrogens is 1. The Balaban J connectivity index is 1.44. The predicted molar refractivity (Wildman–Crippen MR) is 99.7 cm³/mol. The number of nitrogens with zero attached hydrogens (tertiary/aromatic N) is 3. The molecule has 0 spiro atoms. The monoisotopic (exact) mass is 360 g/mol. The normalized spacial score (nSPS) is 13.1. The van der Waals surface area contributed by atoms with Crippen molar-refractivity contribution in [2.75, 3.05) is 6.79 Å². The number of aromatic amines is 1. The number of nitrogens with one attached hydrogen (secondary N) is 1. The first-order valence-electron chi connectivity index (χ1n) is 8.16. The molecular formula is C19H12N4O2S. The molecule has 3 aromatic heterocycles. The van der Waals surface area contributed by atoms with Crippen molar-refractivity contribution in [1.29, 1.82) is 0 Å². The highest BCUT2D eigenvalue weighted by Gasteiger charge is 2.15. The average Bonchev–Trinajstić information content (AvgIpc) is 3.41. The standard InChI is InChI=1S/C19H12N4O2S/c1-3-13-14(7-11(1)15-9-23-5-6-26-19(23)22-15)21-18(20-13)12-2-4-16-17(8-12)25-10-24-16/h1-9H,10H2,(H,20,21). The average molecular weight is 360 g/mol. The molecule has 26 heavy (non-hydrogen) atoms. The van der Waals surface area contributed by atoms with E-state index in [9.17, 15) is 0 Å². The molecule has 0 bridgehead atoms. The molecule has 0 aliphatic carbocycles. The zero-order valence-electron chi connectivity index (χ0n) is 13.5. The van der Waals surface area contributed by atoms with Crippen LogP contribution in [0.25, 0.3) is 38.6 Å². The van der Waals surface area contributed by atoms with Gasteiger partial charge in [-0.1, -0.05) is 6.07 Å². The number of ether oxygens (including phenoxy) is 2. The fraction of sp³-hybridized carbons (Fsp3) is 0.0526. The number of aromatic nitrogens is 4. The summed E-state index contributed by atoms with van der Waals surface area (Å²) in [5.41, 5.74) is 4.88. The first kappa shape index (κ1) is 13.9. The molecular weight excluding hydrogens is 348 g/mol. The van der Waals surface area contributed by atoms with Crippen LogP contribution in [0.15, 0.2) is 54.2 Å². The second-order valence-electron chi connectivity index (χ2n) is 6.10. The summed E-state index contributed by atoms with van der Waals surface area (Å²) in [5, 5.41) is 2.03. The van der Waals surface area contributed by atoms with Crippen LogP contribution in [0.2, 0.25) is 0 Å². The van der Waals surface area contributed by atoms with Gasteiger partial charge in [0.15, 0.2) is 16.5 Å². The lowest BCUT2D eigenvalue weighted by Crippen LogP contribution is -1.92. The second-order valence-corrected chi connectivity index (χ2v) is 6.98. The van der Waals surface area contributed by atoms with E-state index in [0.717, 1.165) is 50.1 Å². The SMILES string of the molecule is c1cn2cc(-c3ccc4nc(-c5ccc6c(c5)OCO6)[nH]c4c3)nc2s1. The molecule has 0 atom stereocenters. The van der Waals surface area contributed by atoms with Gasteiger partial charge in [0.05, 0.1) is 16.7 Å². The van der Waals surface area contributed by atoms with Crippen molar-refractivity contribution in [3.05, 3.63) is 54.2 Å². The van der Waals surface area contributed by atoms with E-state index >= 15 is 0 Å². The van der Waals surface area contributed by atoms with Crippen LogP contribution in [0.1, 0.15) is 0 Å². The summed E-state index contributed by atoms with van der Waals surface area (Å²) in [4.78, 5) is 13.8. The molecule has 0 amide bonds. The lowest BCUT2D eigenvalue weighted by Gasteiger charge is -1.99. The molecule has 1 aliphatic heterocycles. The fourth-order valence-corrected chi connectivity index (χ4v) is 3.92. The third-order valence-electron chi connectivity index (χ3n) is 4.52. The number of fused-ring (bicyclic) bond motifs is 3. The third-order valence-corrected chi connectivity index (χ3v) is 5.29. The molecule has 0 unspecified atom stereocenters. The van der Waals surface area contributed by atoms with Crippen LogP contribution < -0.4 is 9.47 Å². The number of hydrogen-bond donors (Lipinski definition) is 1. The molecule has 5 aromatic rings. The van der Waals surface area contributed by atoms with Gasteiger partial charge in [-0.2, -0.15) is 0 Å². The van der Waals surface area contributed by atoms with Crippen molar-refractivity contribution in [3.8, 4) is 34.1 Å². The Morgan fingerprint density at radius 2 is 1.92 bits per heavy atom. The smallest absolute Gasteiger partial charge is 0.231 e. The van der Waals surface area contributed by atoms with Crippen LogP contribution in [-0.2, 0) is 0 Å². The van der Waals surface area contributed by atoms with Crippen LogP contribution >= 0.6 is 11.3 Å². The minimum absolute atomic E-state index is 0.268. The van der Waals surface area contributed by atoms with Gasteiger partial charge in [0.2, 0.25) is 6.79 Å². The van der Waals surface area contributed by atoms with Crippen molar-refractivity contribution < 1.29 is 9.47 Å². The van der Waals surface area contributed by atoms with Gasteiger partial charge in [0.25, 0.3) is 0 Å². The van der Waals surface area contributed by atoms with Gasteiger partial charge in [0, 0.05) is 28.9 Å². The van der Waals surface area contributed by atoms with Gasteiger partial charge in [-0.05, 0) is 30.3 Å². The molecule has 6 rings (SSSR count). The molecule has 1 aliphatic rings. The predicted octanol–water partition coefficient (Wildman–Crippen LogP) is 4.33.